The quantitative estimate of drug-likeness (QED) is 0.723. The number of tetrazole rings is 1. The van der Waals surface area contributed by atoms with Crippen LogP contribution in [0.3, 0.4) is 0 Å². The van der Waals surface area contributed by atoms with E-state index in [1.807, 2.05) is 4.90 Å². The van der Waals surface area contributed by atoms with Crippen LogP contribution < -0.4 is 0 Å². The van der Waals surface area contributed by atoms with E-state index < -0.39 is 0 Å². The zero-order valence-electron chi connectivity index (χ0n) is 15.9. The number of carbonyl (C=O) groups is 2. The Balaban J connectivity index is 1.56. The lowest BCUT2D eigenvalue weighted by atomic mass is 9.89. The monoisotopic (exact) mass is 362 g/mol. The fourth-order valence-electron chi connectivity index (χ4n) is 3.86. The van der Waals surface area contributed by atoms with Crippen LogP contribution in [-0.4, -0.2) is 67.9 Å². The second-order valence-corrected chi connectivity index (χ2v) is 7.98. The molecule has 0 spiro atoms. The summed E-state index contributed by atoms with van der Waals surface area (Å²) < 4.78 is 1.61. The van der Waals surface area contributed by atoms with Gasteiger partial charge in [-0.2, -0.15) is 0 Å². The highest BCUT2D eigenvalue weighted by Crippen LogP contribution is 2.21. The van der Waals surface area contributed by atoms with E-state index in [9.17, 15) is 9.59 Å². The van der Waals surface area contributed by atoms with E-state index in [4.69, 9.17) is 0 Å². The SMILES string of the molecule is CC(C)CC(=O)[C@@H]1CCCN(C(=O)Cn2nnnc2CN2CCCC2)C1. The summed E-state index contributed by atoms with van der Waals surface area (Å²) in [5.41, 5.74) is 0. The molecule has 8 heteroatoms. The van der Waals surface area contributed by atoms with Crippen molar-refractivity contribution < 1.29 is 9.59 Å². The van der Waals surface area contributed by atoms with Crippen LogP contribution in [0.1, 0.15) is 51.8 Å². The molecule has 0 N–H and O–H groups in total. The molecule has 3 heterocycles. The van der Waals surface area contributed by atoms with Gasteiger partial charge in [-0.3, -0.25) is 14.5 Å². The molecule has 0 aromatic carbocycles. The van der Waals surface area contributed by atoms with Gasteiger partial charge in [-0.25, -0.2) is 4.68 Å². The first-order chi connectivity index (χ1) is 12.5. The van der Waals surface area contributed by atoms with Gasteiger partial charge >= 0.3 is 0 Å². The highest BCUT2D eigenvalue weighted by atomic mass is 16.2. The van der Waals surface area contributed by atoms with Crippen molar-refractivity contribution in [1.82, 2.24) is 30.0 Å². The minimum Gasteiger partial charge on any atom is -0.340 e. The molecule has 1 aromatic heterocycles. The lowest BCUT2D eigenvalue weighted by molar-refractivity contribution is -0.136. The summed E-state index contributed by atoms with van der Waals surface area (Å²) >= 11 is 0. The molecule has 144 valence electrons. The molecule has 1 amide bonds. The van der Waals surface area contributed by atoms with Crippen LogP contribution in [0.15, 0.2) is 0 Å². The van der Waals surface area contributed by atoms with Crippen LogP contribution in [0.5, 0.6) is 0 Å². The van der Waals surface area contributed by atoms with Crippen molar-refractivity contribution >= 4 is 11.7 Å². The Morgan fingerprint density at radius 1 is 1.15 bits per heavy atom. The van der Waals surface area contributed by atoms with Gasteiger partial charge in [0.2, 0.25) is 5.91 Å². The summed E-state index contributed by atoms with van der Waals surface area (Å²) in [5.74, 6) is 1.37. The Kier molecular flexibility index (Phi) is 6.34. The number of rotatable bonds is 7. The van der Waals surface area contributed by atoms with Crippen molar-refractivity contribution in [2.24, 2.45) is 11.8 Å². The predicted molar refractivity (Wildman–Crippen MR) is 96.1 cm³/mol. The summed E-state index contributed by atoms with van der Waals surface area (Å²) in [6.45, 7) is 8.34. The molecule has 2 aliphatic rings. The first-order valence-electron chi connectivity index (χ1n) is 9.81. The van der Waals surface area contributed by atoms with Crippen molar-refractivity contribution in [3.63, 3.8) is 0 Å². The minimum atomic E-state index is -0.0203. The molecule has 0 aliphatic carbocycles. The van der Waals surface area contributed by atoms with Crippen molar-refractivity contribution in [1.29, 1.82) is 0 Å². The molecule has 3 rings (SSSR count). The first kappa shape index (κ1) is 18.9. The molecule has 0 radical (unpaired) electrons. The molecule has 8 nitrogen and oxygen atoms in total. The Labute approximate surface area is 154 Å². The molecule has 2 saturated heterocycles. The lowest BCUT2D eigenvalue weighted by Gasteiger charge is -2.32. The predicted octanol–water partition coefficient (Wildman–Crippen LogP) is 1.12. The number of carbonyl (C=O) groups excluding carboxylic acids is 2. The van der Waals surface area contributed by atoms with Gasteiger partial charge in [-0.05, 0) is 55.1 Å². The van der Waals surface area contributed by atoms with Gasteiger partial charge in [-0.1, -0.05) is 13.8 Å². The number of amides is 1. The lowest BCUT2D eigenvalue weighted by Crippen LogP contribution is -2.44. The number of ketones is 1. The second-order valence-electron chi connectivity index (χ2n) is 7.98. The highest BCUT2D eigenvalue weighted by molar-refractivity contribution is 5.83. The number of nitrogens with zero attached hydrogens (tertiary/aromatic N) is 6. The molecular weight excluding hydrogens is 332 g/mol. The normalized spacial score (nSPS) is 21.5. The fourth-order valence-corrected chi connectivity index (χ4v) is 3.86. The van der Waals surface area contributed by atoms with Crippen LogP contribution in [-0.2, 0) is 22.7 Å². The van der Waals surface area contributed by atoms with Gasteiger partial charge in [0.15, 0.2) is 5.82 Å². The van der Waals surface area contributed by atoms with E-state index in [1.165, 1.54) is 12.8 Å². The van der Waals surface area contributed by atoms with Gasteiger partial charge < -0.3 is 4.90 Å². The molecule has 2 aliphatic heterocycles. The van der Waals surface area contributed by atoms with Gasteiger partial charge in [-0.15, -0.1) is 5.10 Å². The van der Waals surface area contributed by atoms with Crippen LogP contribution in [0.4, 0.5) is 0 Å². The molecule has 1 atom stereocenters. The molecule has 0 unspecified atom stereocenters. The van der Waals surface area contributed by atoms with Gasteiger partial charge in [0.05, 0.1) is 6.54 Å². The maximum absolute atomic E-state index is 12.7. The van der Waals surface area contributed by atoms with E-state index in [0.717, 1.165) is 31.8 Å². The number of Topliss-reactive ketones (excluding diaryl/α,β-unsaturated/α-hetero) is 1. The second kappa shape index (κ2) is 8.70. The van der Waals surface area contributed by atoms with Gasteiger partial charge in [0.1, 0.15) is 12.3 Å². The first-order valence-corrected chi connectivity index (χ1v) is 9.81. The van der Waals surface area contributed by atoms with E-state index in [-0.39, 0.29) is 24.2 Å². The summed E-state index contributed by atoms with van der Waals surface area (Å²) in [6, 6.07) is 0. The molecule has 1 aromatic rings. The van der Waals surface area contributed by atoms with Crippen LogP contribution in [0.25, 0.3) is 0 Å². The van der Waals surface area contributed by atoms with E-state index in [0.29, 0.717) is 32.0 Å². The molecular formula is C18H30N6O2. The van der Waals surface area contributed by atoms with E-state index >= 15 is 0 Å². The molecule has 26 heavy (non-hydrogen) atoms. The Bertz CT molecular complexity index is 623. The third-order valence-corrected chi connectivity index (χ3v) is 5.29. The van der Waals surface area contributed by atoms with Crippen molar-refractivity contribution in [2.75, 3.05) is 26.2 Å². The Morgan fingerprint density at radius 3 is 2.65 bits per heavy atom. The Morgan fingerprint density at radius 2 is 1.92 bits per heavy atom. The largest absolute Gasteiger partial charge is 0.340 e. The van der Waals surface area contributed by atoms with E-state index in [2.05, 4.69) is 34.3 Å². The summed E-state index contributed by atoms with van der Waals surface area (Å²) in [5, 5.41) is 11.8. The zero-order chi connectivity index (χ0) is 18.5. The molecule has 2 fully saturated rings. The van der Waals surface area contributed by atoms with Gasteiger partial charge in [0.25, 0.3) is 0 Å². The van der Waals surface area contributed by atoms with Gasteiger partial charge in [0, 0.05) is 25.4 Å². The van der Waals surface area contributed by atoms with Crippen LogP contribution >= 0.6 is 0 Å². The number of hydrogen-bond donors (Lipinski definition) is 0. The number of hydrogen-bond acceptors (Lipinski definition) is 6. The average molecular weight is 362 g/mol. The van der Waals surface area contributed by atoms with Crippen LogP contribution in [0, 0.1) is 11.8 Å². The van der Waals surface area contributed by atoms with E-state index in [1.54, 1.807) is 4.68 Å². The number of aromatic nitrogens is 4. The smallest absolute Gasteiger partial charge is 0.244 e. The standard InChI is InChI=1S/C18H30N6O2/c1-14(2)10-16(25)15-6-5-9-23(11-15)18(26)13-24-17(19-20-21-24)12-22-7-3-4-8-22/h14-15H,3-13H2,1-2H3/t15-/m1/s1. The topological polar surface area (TPSA) is 84.2 Å². The Hall–Kier alpha value is -1.83. The number of piperidine rings is 1. The van der Waals surface area contributed by atoms with Crippen molar-refractivity contribution in [2.45, 2.75) is 59.0 Å². The molecule has 0 saturated carbocycles. The van der Waals surface area contributed by atoms with Crippen LogP contribution in [0.2, 0.25) is 0 Å². The third-order valence-electron chi connectivity index (χ3n) is 5.29. The maximum atomic E-state index is 12.7. The fraction of sp³-hybridized carbons (Fsp3) is 0.833. The molecule has 0 bridgehead atoms. The minimum absolute atomic E-state index is 0.00187. The van der Waals surface area contributed by atoms with Crippen molar-refractivity contribution in [3.05, 3.63) is 5.82 Å². The highest BCUT2D eigenvalue weighted by Gasteiger charge is 2.29. The average Bonchev–Trinajstić information content (AvgIpc) is 3.27. The summed E-state index contributed by atoms with van der Waals surface area (Å²) in [7, 11) is 0. The zero-order valence-corrected chi connectivity index (χ0v) is 15.9. The maximum Gasteiger partial charge on any atom is 0.244 e. The number of likely N-dealkylation sites (tertiary alicyclic amines) is 2. The summed E-state index contributed by atoms with van der Waals surface area (Å²) in [4.78, 5) is 29.2. The summed E-state index contributed by atoms with van der Waals surface area (Å²) in [6.07, 6.45) is 4.79. The van der Waals surface area contributed by atoms with Crippen molar-refractivity contribution in [3.8, 4) is 0 Å². The third kappa shape index (κ3) is 4.87.